The molecule has 0 unspecified atom stereocenters. The van der Waals surface area contributed by atoms with E-state index in [2.05, 4.69) is 22.2 Å². The predicted molar refractivity (Wildman–Crippen MR) is 89.2 cm³/mol. The second-order valence-corrected chi connectivity index (χ2v) is 7.86. The van der Waals surface area contributed by atoms with Crippen molar-refractivity contribution in [3.8, 4) is 0 Å². The first-order valence-electron chi connectivity index (χ1n) is 7.03. The van der Waals surface area contributed by atoms with Gasteiger partial charge in [-0.15, -0.1) is 11.8 Å². The van der Waals surface area contributed by atoms with E-state index in [-0.39, 0.29) is 0 Å². The molecule has 1 aliphatic heterocycles. The van der Waals surface area contributed by atoms with Gasteiger partial charge in [0.25, 0.3) is 0 Å². The van der Waals surface area contributed by atoms with Gasteiger partial charge in [0, 0.05) is 24.5 Å². The monoisotopic (exact) mass is 334 g/mol. The van der Waals surface area contributed by atoms with Crippen molar-refractivity contribution in [1.82, 2.24) is 10.0 Å². The Morgan fingerprint density at radius 3 is 2.77 bits per heavy atom. The highest BCUT2D eigenvalue weighted by molar-refractivity contribution is 7.98. The Balaban J connectivity index is 1.74. The van der Waals surface area contributed by atoms with E-state index in [4.69, 9.17) is 0 Å². The van der Waals surface area contributed by atoms with E-state index in [0.29, 0.717) is 11.4 Å². The minimum absolute atomic E-state index is 0.305. The van der Waals surface area contributed by atoms with Gasteiger partial charge in [-0.3, -0.25) is 0 Å². The van der Waals surface area contributed by atoms with E-state index >= 15 is 0 Å². The zero-order valence-corrected chi connectivity index (χ0v) is 13.9. The number of nitrogens with one attached hydrogen (secondary N) is 2. The zero-order chi connectivity index (χ0) is 15.6. The number of rotatable bonds is 5. The summed E-state index contributed by atoms with van der Waals surface area (Å²) in [4.78, 5) is 1.24. The van der Waals surface area contributed by atoms with E-state index in [1.54, 1.807) is 18.2 Å². The maximum absolute atomic E-state index is 12.4. The van der Waals surface area contributed by atoms with Crippen LogP contribution < -0.4 is 10.0 Å². The van der Waals surface area contributed by atoms with Crippen molar-refractivity contribution in [3.05, 3.63) is 59.2 Å². The Labute approximate surface area is 135 Å². The molecule has 2 N–H and O–H groups in total. The fourth-order valence-corrected chi connectivity index (χ4v) is 4.09. The van der Waals surface area contributed by atoms with Crippen molar-refractivity contribution in [2.75, 3.05) is 6.26 Å². The van der Waals surface area contributed by atoms with Crippen LogP contribution in [0.5, 0.6) is 0 Å². The molecule has 0 spiro atoms. The van der Waals surface area contributed by atoms with Crippen molar-refractivity contribution in [3.63, 3.8) is 0 Å². The first-order chi connectivity index (χ1) is 10.6. The molecule has 0 fully saturated rings. The number of thioether (sulfide) groups is 1. The highest BCUT2D eigenvalue weighted by atomic mass is 32.2. The Morgan fingerprint density at radius 2 is 1.95 bits per heavy atom. The summed E-state index contributed by atoms with van der Waals surface area (Å²) in [6, 6.07) is 13.1. The minimum atomic E-state index is -3.48. The van der Waals surface area contributed by atoms with Crippen molar-refractivity contribution in [2.45, 2.75) is 29.4 Å². The molecule has 1 aliphatic rings. The summed E-state index contributed by atoms with van der Waals surface area (Å²) in [5, 5.41) is 3.28. The van der Waals surface area contributed by atoms with Gasteiger partial charge in [0.15, 0.2) is 0 Å². The lowest BCUT2D eigenvalue weighted by molar-refractivity contribution is 0.581. The van der Waals surface area contributed by atoms with E-state index in [1.165, 1.54) is 22.9 Å². The summed E-state index contributed by atoms with van der Waals surface area (Å²) < 4.78 is 27.4. The molecular formula is C16H18N2O2S2. The summed E-state index contributed by atoms with van der Waals surface area (Å²) in [5.74, 6) is 0. The van der Waals surface area contributed by atoms with Gasteiger partial charge in [-0.25, -0.2) is 13.1 Å². The number of hydrogen-bond donors (Lipinski definition) is 2. The van der Waals surface area contributed by atoms with Crippen LogP contribution in [0.15, 0.2) is 52.3 Å². The third-order valence-electron chi connectivity index (χ3n) is 3.72. The van der Waals surface area contributed by atoms with Gasteiger partial charge in [0.2, 0.25) is 10.0 Å². The van der Waals surface area contributed by atoms with Crippen LogP contribution in [0, 0.1) is 0 Å². The SMILES string of the molecule is CSc1cccc(S(=O)(=O)NCc2ccc3c(c2)CNC3)c1. The predicted octanol–water partition coefficient (Wildman–Crippen LogP) is 2.49. The average Bonchev–Trinajstić information content (AvgIpc) is 3.00. The lowest BCUT2D eigenvalue weighted by Gasteiger charge is -2.09. The molecule has 3 rings (SSSR count). The van der Waals surface area contributed by atoms with E-state index in [1.807, 2.05) is 18.4 Å². The molecular weight excluding hydrogens is 316 g/mol. The molecule has 0 radical (unpaired) electrons. The molecule has 116 valence electrons. The molecule has 0 bridgehead atoms. The summed E-state index contributed by atoms with van der Waals surface area (Å²) in [6.07, 6.45) is 1.93. The van der Waals surface area contributed by atoms with Gasteiger partial charge < -0.3 is 5.32 Å². The van der Waals surface area contributed by atoms with Crippen LogP contribution in [0.4, 0.5) is 0 Å². The second-order valence-electron chi connectivity index (χ2n) is 5.21. The van der Waals surface area contributed by atoms with Crippen LogP contribution in [-0.4, -0.2) is 14.7 Å². The van der Waals surface area contributed by atoms with Crippen molar-refractivity contribution in [2.24, 2.45) is 0 Å². The van der Waals surface area contributed by atoms with Crippen LogP contribution in [0.25, 0.3) is 0 Å². The molecule has 4 nitrogen and oxygen atoms in total. The third-order valence-corrected chi connectivity index (χ3v) is 5.84. The van der Waals surface area contributed by atoms with Crippen LogP contribution in [-0.2, 0) is 29.7 Å². The molecule has 6 heteroatoms. The molecule has 1 heterocycles. The topological polar surface area (TPSA) is 58.2 Å². The van der Waals surface area contributed by atoms with Gasteiger partial charge in [-0.05, 0) is 41.1 Å². The van der Waals surface area contributed by atoms with E-state index < -0.39 is 10.0 Å². The molecule has 0 atom stereocenters. The van der Waals surface area contributed by atoms with Crippen LogP contribution >= 0.6 is 11.8 Å². The zero-order valence-electron chi connectivity index (χ0n) is 12.3. The lowest BCUT2D eigenvalue weighted by Crippen LogP contribution is -2.23. The fraction of sp³-hybridized carbons (Fsp3) is 0.250. The standard InChI is InChI=1S/C16H18N2O2S2/c1-21-15-3-2-4-16(8-15)22(19,20)18-9-12-5-6-13-10-17-11-14(13)7-12/h2-8,17-18H,9-11H2,1H3. The molecule has 0 aromatic heterocycles. The number of fused-ring (bicyclic) bond motifs is 1. The van der Waals surface area contributed by atoms with Gasteiger partial charge in [-0.2, -0.15) is 0 Å². The molecule has 22 heavy (non-hydrogen) atoms. The first-order valence-corrected chi connectivity index (χ1v) is 9.74. The van der Waals surface area contributed by atoms with Crippen LogP contribution in [0.2, 0.25) is 0 Å². The highest BCUT2D eigenvalue weighted by Crippen LogP contribution is 2.20. The van der Waals surface area contributed by atoms with E-state index in [9.17, 15) is 8.42 Å². The lowest BCUT2D eigenvalue weighted by atomic mass is 10.1. The molecule has 2 aromatic carbocycles. The van der Waals surface area contributed by atoms with Gasteiger partial charge in [-0.1, -0.05) is 24.3 Å². The molecule has 0 aliphatic carbocycles. The number of sulfonamides is 1. The maximum atomic E-state index is 12.4. The minimum Gasteiger partial charge on any atom is -0.309 e. The largest absolute Gasteiger partial charge is 0.309 e. The van der Waals surface area contributed by atoms with Crippen molar-refractivity contribution >= 4 is 21.8 Å². The molecule has 0 amide bonds. The van der Waals surface area contributed by atoms with Gasteiger partial charge >= 0.3 is 0 Å². The summed E-state index contributed by atoms with van der Waals surface area (Å²) in [5.41, 5.74) is 3.52. The summed E-state index contributed by atoms with van der Waals surface area (Å²) in [7, 11) is -3.48. The third kappa shape index (κ3) is 3.35. The number of benzene rings is 2. The highest BCUT2D eigenvalue weighted by Gasteiger charge is 2.15. The Morgan fingerprint density at radius 1 is 1.14 bits per heavy atom. The molecule has 0 saturated heterocycles. The van der Waals surface area contributed by atoms with Crippen molar-refractivity contribution < 1.29 is 8.42 Å². The Bertz CT molecular complexity index is 788. The summed E-state index contributed by atoms with van der Waals surface area (Å²) >= 11 is 1.53. The van der Waals surface area contributed by atoms with Crippen LogP contribution in [0.3, 0.4) is 0 Å². The van der Waals surface area contributed by atoms with Crippen molar-refractivity contribution in [1.29, 1.82) is 0 Å². The molecule has 0 saturated carbocycles. The van der Waals surface area contributed by atoms with E-state index in [0.717, 1.165) is 23.5 Å². The quantitative estimate of drug-likeness (QED) is 0.825. The number of hydrogen-bond acceptors (Lipinski definition) is 4. The first kappa shape index (κ1) is 15.6. The normalized spacial score (nSPS) is 14.0. The van der Waals surface area contributed by atoms with Crippen LogP contribution in [0.1, 0.15) is 16.7 Å². The maximum Gasteiger partial charge on any atom is 0.240 e. The van der Waals surface area contributed by atoms with Gasteiger partial charge in [0.05, 0.1) is 4.90 Å². The second kappa shape index (κ2) is 6.42. The Hall–Kier alpha value is -1.34. The molecule has 2 aromatic rings. The van der Waals surface area contributed by atoms with Gasteiger partial charge in [0.1, 0.15) is 0 Å². The summed E-state index contributed by atoms with van der Waals surface area (Å²) in [6.45, 7) is 2.05. The smallest absolute Gasteiger partial charge is 0.240 e. The average molecular weight is 334 g/mol. The Kier molecular flexibility index (Phi) is 4.54. The fourth-order valence-electron chi connectivity index (χ4n) is 2.49.